The molecule has 2 rings (SSSR count). The number of hydrogen-bond acceptors (Lipinski definition) is 5. The number of carbonyl (C=O) groups is 2. The van der Waals surface area contributed by atoms with Crippen molar-refractivity contribution >= 4 is 11.9 Å². The van der Waals surface area contributed by atoms with Crippen LogP contribution in [0, 0.1) is 0 Å². The van der Waals surface area contributed by atoms with Gasteiger partial charge in [0.15, 0.2) is 0 Å². The van der Waals surface area contributed by atoms with Gasteiger partial charge in [0.25, 0.3) is 0 Å². The van der Waals surface area contributed by atoms with Gasteiger partial charge in [-0.15, -0.1) is 0 Å². The Morgan fingerprint density at radius 2 is 1.87 bits per heavy atom. The molecule has 132 valence electrons. The van der Waals surface area contributed by atoms with Crippen LogP contribution in [0.4, 0.5) is 0 Å². The minimum Gasteiger partial charge on any atom is -0.469 e. The van der Waals surface area contributed by atoms with E-state index in [-0.39, 0.29) is 18.0 Å². The Morgan fingerprint density at radius 3 is 2.52 bits per heavy atom. The first kappa shape index (κ1) is 18.2. The Labute approximate surface area is 139 Å². The number of ether oxygens (including phenoxy) is 2. The van der Waals surface area contributed by atoms with Crippen molar-refractivity contribution in [3.63, 3.8) is 0 Å². The molecule has 0 spiro atoms. The minimum atomic E-state index is -0.204. The van der Waals surface area contributed by atoms with E-state index in [4.69, 9.17) is 9.47 Å². The summed E-state index contributed by atoms with van der Waals surface area (Å²) in [5, 5.41) is 0. The monoisotopic (exact) mass is 326 g/mol. The third kappa shape index (κ3) is 6.47. The number of amides is 1. The number of rotatable bonds is 8. The fourth-order valence-electron chi connectivity index (χ4n) is 3.28. The van der Waals surface area contributed by atoms with Gasteiger partial charge >= 0.3 is 5.97 Å². The molecule has 0 N–H and O–H groups in total. The topological polar surface area (TPSA) is 59.1 Å². The summed E-state index contributed by atoms with van der Waals surface area (Å²) < 4.78 is 10.4. The molecule has 2 aliphatic rings. The van der Waals surface area contributed by atoms with Gasteiger partial charge in [0, 0.05) is 45.8 Å². The highest BCUT2D eigenvalue weighted by Crippen LogP contribution is 2.15. The molecule has 2 fully saturated rings. The fourth-order valence-corrected chi connectivity index (χ4v) is 3.28. The molecule has 0 bridgehead atoms. The fraction of sp³-hybridized carbons (Fsp3) is 0.882. The number of methoxy groups -OCH3 is 1. The van der Waals surface area contributed by atoms with E-state index in [1.54, 1.807) is 0 Å². The summed E-state index contributed by atoms with van der Waals surface area (Å²) in [5.74, 6) is 0.0322. The molecule has 0 aromatic carbocycles. The molecule has 0 aromatic rings. The molecule has 23 heavy (non-hydrogen) atoms. The molecule has 2 aliphatic heterocycles. The summed E-state index contributed by atoms with van der Waals surface area (Å²) in [5.41, 5.74) is 0. The standard InChI is InChI=1S/C17H30N2O4/c1-22-17(21)8-12-18(14-15-6-5-13-23-15)11-7-16(20)19-9-3-2-4-10-19/h15H,2-14H2,1H3. The number of hydrogen-bond donors (Lipinski definition) is 0. The molecule has 1 unspecified atom stereocenters. The average molecular weight is 326 g/mol. The zero-order valence-electron chi connectivity index (χ0n) is 14.3. The quantitative estimate of drug-likeness (QED) is 0.632. The van der Waals surface area contributed by atoms with Crippen molar-refractivity contribution < 1.29 is 19.1 Å². The molecule has 0 saturated carbocycles. The van der Waals surface area contributed by atoms with Crippen molar-refractivity contribution in [3.8, 4) is 0 Å². The zero-order valence-corrected chi connectivity index (χ0v) is 14.3. The van der Waals surface area contributed by atoms with E-state index in [0.717, 1.165) is 51.9 Å². The number of esters is 1. The number of nitrogens with zero attached hydrogens (tertiary/aromatic N) is 2. The lowest BCUT2D eigenvalue weighted by molar-refractivity contribution is -0.141. The largest absolute Gasteiger partial charge is 0.469 e. The van der Waals surface area contributed by atoms with Gasteiger partial charge in [-0.05, 0) is 32.1 Å². The molecule has 2 saturated heterocycles. The highest BCUT2D eigenvalue weighted by Gasteiger charge is 2.22. The summed E-state index contributed by atoms with van der Waals surface area (Å²) in [6.07, 6.45) is 6.75. The summed E-state index contributed by atoms with van der Waals surface area (Å²) >= 11 is 0. The molecule has 2 heterocycles. The summed E-state index contributed by atoms with van der Waals surface area (Å²) in [6.45, 7) is 4.72. The maximum Gasteiger partial charge on any atom is 0.306 e. The van der Waals surface area contributed by atoms with Crippen LogP contribution in [0.25, 0.3) is 0 Å². The molecule has 0 radical (unpaired) electrons. The second-order valence-corrected chi connectivity index (χ2v) is 6.45. The summed E-state index contributed by atoms with van der Waals surface area (Å²) in [6, 6.07) is 0. The van der Waals surface area contributed by atoms with Crippen LogP contribution in [-0.2, 0) is 19.1 Å². The van der Waals surface area contributed by atoms with Gasteiger partial charge in [-0.25, -0.2) is 0 Å². The highest BCUT2D eigenvalue weighted by molar-refractivity contribution is 5.76. The highest BCUT2D eigenvalue weighted by atomic mass is 16.5. The third-order valence-corrected chi connectivity index (χ3v) is 4.70. The van der Waals surface area contributed by atoms with Crippen LogP contribution in [0.5, 0.6) is 0 Å². The van der Waals surface area contributed by atoms with E-state index in [2.05, 4.69) is 4.90 Å². The minimum absolute atomic E-state index is 0.204. The van der Waals surface area contributed by atoms with Crippen molar-refractivity contribution in [2.75, 3.05) is 46.4 Å². The van der Waals surface area contributed by atoms with Crippen molar-refractivity contribution in [3.05, 3.63) is 0 Å². The lowest BCUT2D eigenvalue weighted by Crippen LogP contribution is -2.40. The van der Waals surface area contributed by atoms with Crippen LogP contribution in [0.2, 0.25) is 0 Å². The predicted octanol–water partition coefficient (Wildman–Crippen LogP) is 1.43. The predicted molar refractivity (Wildman–Crippen MR) is 87.1 cm³/mol. The number of carbonyl (C=O) groups excluding carboxylic acids is 2. The van der Waals surface area contributed by atoms with Crippen LogP contribution >= 0.6 is 0 Å². The zero-order chi connectivity index (χ0) is 16.5. The molecule has 1 amide bonds. The molecule has 1 atom stereocenters. The Morgan fingerprint density at radius 1 is 1.13 bits per heavy atom. The van der Waals surface area contributed by atoms with Gasteiger partial charge in [-0.3, -0.25) is 14.5 Å². The van der Waals surface area contributed by atoms with Gasteiger partial charge in [-0.1, -0.05) is 0 Å². The van der Waals surface area contributed by atoms with Crippen LogP contribution < -0.4 is 0 Å². The molecular formula is C17H30N2O4. The van der Waals surface area contributed by atoms with E-state index in [9.17, 15) is 9.59 Å². The van der Waals surface area contributed by atoms with Crippen LogP contribution in [0.15, 0.2) is 0 Å². The maximum atomic E-state index is 12.3. The van der Waals surface area contributed by atoms with Crippen LogP contribution in [-0.4, -0.2) is 74.2 Å². The van der Waals surface area contributed by atoms with Crippen molar-refractivity contribution in [2.45, 2.75) is 51.0 Å². The number of likely N-dealkylation sites (tertiary alicyclic amines) is 1. The van der Waals surface area contributed by atoms with Crippen molar-refractivity contribution in [1.82, 2.24) is 9.80 Å². The summed E-state index contributed by atoms with van der Waals surface area (Å²) in [7, 11) is 1.41. The molecule has 0 aromatic heterocycles. The molecule has 0 aliphatic carbocycles. The van der Waals surface area contributed by atoms with Gasteiger partial charge in [0.05, 0.1) is 19.6 Å². The van der Waals surface area contributed by atoms with Gasteiger partial charge < -0.3 is 14.4 Å². The SMILES string of the molecule is COC(=O)CCN(CCC(=O)N1CCCCC1)CC1CCCO1. The molecule has 6 heteroatoms. The first-order valence-electron chi connectivity index (χ1n) is 8.87. The maximum absolute atomic E-state index is 12.3. The Bertz CT molecular complexity index is 377. The molecule has 6 nitrogen and oxygen atoms in total. The normalized spacial score (nSPS) is 21.7. The third-order valence-electron chi connectivity index (χ3n) is 4.70. The van der Waals surface area contributed by atoms with Gasteiger partial charge in [0.1, 0.15) is 0 Å². The Kier molecular flexibility index (Phi) is 7.82. The van der Waals surface area contributed by atoms with E-state index in [0.29, 0.717) is 25.9 Å². The Balaban J connectivity index is 1.77. The van der Waals surface area contributed by atoms with E-state index in [1.165, 1.54) is 13.5 Å². The van der Waals surface area contributed by atoms with E-state index < -0.39 is 0 Å². The Hall–Kier alpha value is -1.14. The van der Waals surface area contributed by atoms with Gasteiger partial charge in [-0.2, -0.15) is 0 Å². The van der Waals surface area contributed by atoms with Crippen molar-refractivity contribution in [2.24, 2.45) is 0 Å². The second kappa shape index (κ2) is 9.88. The van der Waals surface area contributed by atoms with Crippen molar-refractivity contribution in [1.29, 1.82) is 0 Å². The van der Waals surface area contributed by atoms with Gasteiger partial charge in [0.2, 0.25) is 5.91 Å². The van der Waals surface area contributed by atoms with E-state index >= 15 is 0 Å². The molecular weight excluding hydrogens is 296 g/mol. The second-order valence-electron chi connectivity index (χ2n) is 6.45. The first-order chi connectivity index (χ1) is 11.2. The lowest BCUT2D eigenvalue weighted by atomic mass is 10.1. The van der Waals surface area contributed by atoms with Crippen LogP contribution in [0.3, 0.4) is 0 Å². The lowest BCUT2D eigenvalue weighted by Gasteiger charge is -2.29. The van der Waals surface area contributed by atoms with Crippen LogP contribution in [0.1, 0.15) is 44.9 Å². The van der Waals surface area contributed by atoms with E-state index in [1.807, 2.05) is 4.90 Å². The number of piperidine rings is 1. The smallest absolute Gasteiger partial charge is 0.306 e. The summed E-state index contributed by atoms with van der Waals surface area (Å²) in [4.78, 5) is 27.8. The first-order valence-corrected chi connectivity index (χ1v) is 8.87. The average Bonchev–Trinajstić information content (AvgIpc) is 3.10.